The normalized spacial score (nSPS) is 27.3. The van der Waals surface area contributed by atoms with Crippen LogP contribution in [0.15, 0.2) is 78.9 Å². The molecular formula is C25H16B9N2P2-2. The zero-order valence-corrected chi connectivity index (χ0v) is 22.5. The van der Waals surface area contributed by atoms with Crippen molar-refractivity contribution in [1.82, 2.24) is 9.42 Å². The van der Waals surface area contributed by atoms with Crippen molar-refractivity contribution in [1.29, 1.82) is 0 Å². The van der Waals surface area contributed by atoms with E-state index in [4.69, 9.17) is 4.86 Å². The Bertz CT molecular complexity index is 2110. The van der Waals surface area contributed by atoms with E-state index in [1.165, 1.54) is 38.4 Å². The summed E-state index contributed by atoms with van der Waals surface area (Å²) in [6.45, 7) is 5.88. The Morgan fingerprint density at radius 3 is 2.39 bits per heavy atom. The van der Waals surface area contributed by atoms with Gasteiger partial charge in [0.2, 0.25) is 0 Å². The van der Waals surface area contributed by atoms with Crippen molar-refractivity contribution < 1.29 is 0 Å². The third-order valence-electron chi connectivity index (χ3n) is 12.8. The molecule has 1 aromatic heterocycles. The van der Waals surface area contributed by atoms with Crippen LogP contribution in [0, 0.1) is 0 Å². The molecule has 14 rings (SSSR count). The molecule has 2 nitrogen and oxygen atoms in total. The summed E-state index contributed by atoms with van der Waals surface area (Å²) in [5.41, 5.74) is 12.1. The fourth-order valence-electron chi connectivity index (χ4n) is 10.7. The molecule has 0 amide bonds. The molecule has 7 fully saturated rings. The Labute approximate surface area is 225 Å². The van der Waals surface area contributed by atoms with Crippen LogP contribution in [-0.4, -0.2) is 63.2 Å². The van der Waals surface area contributed by atoms with Crippen molar-refractivity contribution in [2.75, 3.05) is 0 Å². The average Bonchev–Trinajstić information content (AvgIpc) is 3.89. The third-order valence-corrected chi connectivity index (χ3v) is 27.3. The van der Waals surface area contributed by atoms with Gasteiger partial charge in [0.15, 0.2) is 0 Å². The van der Waals surface area contributed by atoms with Crippen LogP contribution < -0.4 is 26.6 Å². The first kappa shape index (κ1) is 19.2. The van der Waals surface area contributed by atoms with E-state index in [0.717, 1.165) is 37.5 Å². The van der Waals surface area contributed by atoms with Gasteiger partial charge in [-0.15, -0.1) is 0 Å². The molecule has 0 saturated carbocycles. The Morgan fingerprint density at radius 2 is 1.63 bits per heavy atom. The van der Waals surface area contributed by atoms with Crippen LogP contribution in [0.1, 0.15) is 11.1 Å². The van der Waals surface area contributed by atoms with Gasteiger partial charge >= 0.3 is 226 Å². The molecule has 9 aliphatic heterocycles. The molecule has 5 radical (unpaired) electrons. The molecule has 165 valence electrons. The number of benzene rings is 4. The van der Waals surface area contributed by atoms with E-state index in [0.29, 0.717) is 6.71 Å². The van der Waals surface area contributed by atoms with Crippen molar-refractivity contribution in [3.63, 3.8) is 0 Å². The second-order valence-electron chi connectivity index (χ2n) is 13.7. The topological polar surface area (TPSA) is 17.0 Å². The van der Waals surface area contributed by atoms with Gasteiger partial charge in [0, 0.05) is 0 Å². The first-order chi connectivity index (χ1) is 18.7. The van der Waals surface area contributed by atoms with Gasteiger partial charge in [-0.1, -0.05) is 0 Å². The number of hydrogen-bond donors (Lipinski definition) is 1. The molecule has 0 unspecified atom stereocenters. The number of para-hydroxylation sites is 2. The molecule has 7 saturated heterocycles. The van der Waals surface area contributed by atoms with Crippen molar-refractivity contribution in [3.05, 3.63) is 90.0 Å². The van der Waals surface area contributed by atoms with Crippen molar-refractivity contribution >= 4 is 115 Å². The quantitative estimate of drug-likeness (QED) is 0.280. The summed E-state index contributed by atoms with van der Waals surface area (Å²) in [5.74, 6) is 0. The van der Waals surface area contributed by atoms with E-state index in [9.17, 15) is 0 Å². The number of fused-ring (bicyclic) bond motifs is 9. The molecule has 13 heteroatoms. The minimum atomic E-state index is -2.05. The zero-order valence-electron chi connectivity index (χ0n) is 20.8. The van der Waals surface area contributed by atoms with Gasteiger partial charge in [-0.05, 0) is 0 Å². The predicted molar refractivity (Wildman–Crippen MR) is 177 cm³/mol. The Morgan fingerprint density at radius 1 is 0.868 bits per heavy atom. The molecule has 0 aliphatic carbocycles. The van der Waals surface area contributed by atoms with Gasteiger partial charge in [0.05, 0.1) is 0 Å². The summed E-state index contributed by atoms with van der Waals surface area (Å²) < 4.78 is 2.62. The summed E-state index contributed by atoms with van der Waals surface area (Å²) in [6, 6.07) is 30.6. The first-order valence-electron chi connectivity index (χ1n) is 14.4. The number of rotatable bonds is 3. The van der Waals surface area contributed by atoms with Crippen LogP contribution in [0.25, 0.3) is 27.5 Å². The van der Waals surface area contributed by atoms with Gasteiger partial charge in [-0.3, -0.25) is 0 Å². The van der Waals surface area contributed by atoms with Gasteiger partial charge in [0.25, 0.3) is 0 Å². The monoisotopic (exact) mass is 505 g/mol. The summed E-state index contributed by atoms with van der Waals surface area (Å²) in [5, 5.41) is 4.76. The minimum absolute atomic E-state index is 0.330. The standard InChI is InChI=1S/C25H16B9N2P2/c1-3-9-19-15(7-1)13-18-23(37(30-26-31(37)34(30)37)35-38-27-32(38)33(38)28-38)14-17-16-8-2-5-11-21(16)36-22-12-6-4-10-20(22)29(19)24(18)25(17)36/h1-12,14,35H,13H2/q-2. The summed E-state index contributed by atoms with van der Waals surface area (Å²) in [4.78, 5) is 4.77. The van der Waals surface area contributed by atoms with Crippen LogP contribution in [0.5, 0.6) is 0 Å². The van der Waals surface area contributed by atoms with Gasteiger partial charge in [-0.2, -0.15) is 0 Å². The van der Waals surface area contributed by atoms with E-state index >= 15 is 0 Å². The van der Waals surface area contributed by atoms with Crippen LogP contribution in [-0.2, 0) is 6.42 Å². The van der Waals surface area contributed by atoms with E-state index in [1.807, 2.05) is 5.30 Å². The Balaban J connectivity index is 1.23. The summed E-state index contributed by atoms with van der Waals surface area (Å²) in [6.07, 6.45) is 2.13. The molecule has 1 N–H and O–H groups in total. The maximum atomic E-state index is 4.77. The molecule has 10 heterocycles. The molecule has 0 atom stereocenters. The van der Waals surface area contributed by atoms with Crippen LogP contribution in [0.2, 0.25) is 0 Å². The SMILES string of the molecule is [B]1B2B3[B-]P123NP12(c3cc4c5ccccc5n5c4c4c3Cc3ccccc3B4c3ccccc3-5)B3[B-]B1B32. The van der Waals surface area contributed by atoms with Crippen molar-refractivity contribution in [2.24, 2.45) is 0 Å². The van der Waals surface area contributed by atoms with Gasteiger partial charge < -0.3 is 0 Å². The van der Waals surface area contributed by atoms with E-state index in [-0.39, 0.29) is 0 Å². The van der Waals surface area contributed by atoms with Crippen LogP contribution >= 0.6 is 12.7 Å². The Hall–Kier alpha value is -1.92. The molecule has 2 bridgehead atoms. The molecule has 38 heavy (non-hydrogen) atoms. The fraction of sp³-hybridized carbons (Fsp3) is 0.0400. The predicted octanol–water partition coefficient (Wildman–Crippen LogP) is 0.873. The van der Waals surface area contributed by atoms with E-state index < -0.39 is 12.7 Å². The number of nitrogens with one attached hydrogen (secondary N) is 1. The van der Waals surface area contributed by atoms with E-state index in [2.05, 4.69) is 104 Å². The van der Waals surface area contributed by atoms with Crippen molar-refractivity contribution in [2.45, 2.75) is 6.42 Å². The first-order valence-corrected chi connectivity index (χ1v) is 19.3. The van der Waals surface area contributed by atoms with Gasteiger partial charge in [-0.25, -0.2) is 0 Å². The third kappa shape index (κ3) is 1.51. The fourth-order valence-corrected chi connectivity index (χ4v) is 30.2. The number of hydrogen-bond acceptors (Lipinski definition) is 1. The Kier molecular flexibility index (Phi) is 2.54. The second kappa shape index (κ2) is 5.02. The zero-order chi connectivity index (χ0) is 24.0. The van der Waals surface area contributed by atoms with Crippen molar-refractivity contribution in [3.8, 4) is 5.69 Å². The second-order valence-corrected chi connectivity index (χ2v) is 24.0. The average molecular weight is 504 g/mol. The van der Waals surface area contributed by atoms with Crippen LogP contribution in [0.4, 0.5) is 0 Å². The molecule has 9 aliphatic rings. The molecule has 1 spiro atoms. The molecular weight excluding hydrogens is 488 g/mol. The summed E-state index contributed by atoms with van der Waals surface area (Å²) >= 11 is 0. The number of aromatic nitrogens is 1. The summed E-state index contributed by atoms with van der Waals surface area (Å²) in [7, 11) is 2.74. The maximum absolute atomic E-state index is 4.77. The van der Waals surface area contributed by atoms with Crippen LogP contribution in [0.3, 0.4) is 0 Å². The molecule has 4 aromatic carbocycles. The number of nitrogens with zero attached hydrogens (tertiary/aromatic N) is 1. The van der Waals surface area contributed by atoms with Gasteiger partial charge in [0.1, 0.15) is 0 Å². The molecule has 5 aromatic rings. The van der Waals surface area contributed by atoms with E-state index in [1.54, 1.807) is 16.6 Å².